The van der Waals surface area contributed by atoms with E-state index in [0.717, 1.165) is 12.1 Å². The van der Waals surface area contributed by atoms with E-state index in [4.69, 9.17) is 0 Å². The maximum absolute atomic E-state index is 12.9. The van der Waals surface area contributed by atoms with Gasteiger partial charge in [0.2, 0.25) is 5.91 Å². The second-order valence-electron chi connectivity index (χ2n) is 6.46. The number of hydrogen-bond donors (Lipinski definition) is 2. The monoisotopic (exact) mass is 424 g/mol. The molecule has 160 valence electrons. The van der Waals surface area contributed by atoms with E-state index in [9.17, 15) is 27.2 Å². The van der Waals surface area contributed by atoms with E-state index in [1.807, 2.05) is 0 Å². The van der Waals surface area contributed by atoms with Crippen molar-refractivity contribution in [1.82, 2.24) is 5.32 Å². The molecule has 2 aromatic carbocycles. The van der Waals surface area contributed by atoms with Crippen LogP contribution in [0.15, 0.2) is 60.7 Å². The van der Waals surface area contributed by atoms with Gasteiger partial charge in [0.15, 0.2) is 0 Å². The van der Waals surface area contributed by atoms with Crippen molar-refractivity contribution in [3.05, 3.63) is 72.1 Å². The standard InChI is InChI=1S/C21H20F4N2O3/c1-13(14(2)19(28)27-17-8-6-16(22)7-9-17)10-11-26-20(29)15-4-3-5-18(12-15)30-21(23,24)25/h3-9,12,14H,1,10-11H2,2H3,(H,26,29)(H,27,28). The molecule has 30 heavy (non-hydrogen) atoms. The number of nitrogens with one attached hydrogen (secondary N) is 2. The summed E-state index contributed by atoms with van der Waals surface area (Å²) in [7, 11) is 0. The van der Waals surface area contributed by atoms with E-state index in [-0.39, 0.29) is 24.4 Å². The van der Waals surface area contributed by atoms with Crippen molar-refractivity contribution in [2.45, 2.75) is 19.7 Å². The second kappa shape index (κ2) is 9.91. The minimum absolute atomic E-state index is 0.00413. The van der Waals surface area contributed by atoms with Gasteiger partial charge in [-0.05, 0) is 55.8 Å². The highest BCUT2D eigenvalue weighted by atomic mass is 19.4. The van der Waals surface area contributed by atoms with Crippen molar-refractivity contribution in [1.29, 1.82) is 0 Å². The van der Waals surface area contributed by atoms with Gasteiger partial charge < -0.3 is 15.4 Å². The summed E-state index contributed by atoms with van der Waals surface area (Å²) in [5.74, 6) is -2.41. The average Bonchev–Trinajstić information content (AvgIpc) is 2.67. The van der Waals surface area contributed by atoms with Gasteiger partial charge in [0.1, 0.15) is 11.6 Å². The fourth-order valence-corrected chi connectivity index (χ4v) is 2.46. The van der Waals surface area contributed by atoms with Crippen molar-refractivity contribution < 1.29 is 31.9 Å². The van der Waals surface area contributed by atoms with Crippen LogP contribution < -0.4 is 15.4 Å². The number of amides is 2. The number of anilines is 1. The molecule has 0 aromatic heterocycles. The Morgan fingerprint density at radius 2 is 1.80 bits per heavy atom. The first kappa shape index (κ1) is 22.9. The van der Waals surface area contributed by atoms with Crippen LogP contribution in [0.1, 0.15) is 23.7 Å². The van der Waals surface area contributed by atoms with Crippen LogP contribution >= 0.6 is 0 Å². The van der Waals surface area contributed by atoms with Crippen molar-refractivity contribution >= 4 is 17.5 Å². The van der Waals surface area contributed by atoms with Gasteiger partial charge in [-0.3, -0.25) is 9.59 Å². The summed E-state index contributed by atoms with van der Waals surface area (Å²) >= 11 is 0. The predicted molar refractivity (Wildman–Crippen MR) is 103 cm³/mol. The number of benzene rings is 2. The fourth-order valence-electron chi connectivity index (χ4n) is 2.46. The first-order valence-electron chi connectivity index (χ1n) is 8.93. The number of halogens is 4. The molecule has 0 saturated heterocycles. The summed E-state index contributed by atoms with van der Waals surface area (Å²) in [5, 5.41) is 5.20. The zero-order valence-corrected chi connectivity index (χ0v) is 16.1. The highest BCUT2D eigenvalue weighted by molar-refractivity contribution is 5.95. The minimum atomic E-state index is -4.85. The summed E-state index contributed by atoms with van der Waals surface area (Å²) in [4.78, 5) is 24.4. The summed E-state index contributed by atoms with van der Waals surface area (Å²) in [6.45, 7) is 5.61. The van der Waals surface area contributed by atoms with Gasteiger partial charge in [0.25, 0.3) is 5.91 Å². The molecule has 0 bridgehead atoms. The van der Waals surface area contributed by atoms with Gasteiger partial charge in [-0.25, -0.2) is 4.39 Å². The molecule has 2 aromatic rings. The molecule has 0 heterocycles. The van der Waals surface area contributed by atoms with Crippen LogP contribution in [-0.2, 0) is 4.79 Å². The van der Waals surface area contributed by atoms with Crippen molar-refractivity contribution in [3.63, 3.8) is 0 Å². The topological polar surface area (TPSA) is 67.4 Å². The zero-order chi connectivity index (χ0) is 22.3. The molecule has 0 saturated carbocycles. The Hall–Kier alpha value is -3.36. The van der Waals surface area contributed by atoms with E-state index in [2.05, 4.69) is 21.9 Å². The summed E-state index contributed by atoms with van der Waals surface area (Å²) in [5.41, 5.74) is 0.990. The second-order valence-corrected chi connectivity index (χ2v) is 6.46. The van der Waals surface area contributed by atoms with E-state index in [1.54, 1.807) is 6.92 Å². The molecule has 1 atom stereocenters. The maximum atomic E-state index is 12.9. The van der Waals surface area contributed by atoms with Crippen LogP contribution in [0.3, 0.4) is 0 Å². The Kier molecular flexibility index (Phi) is 7.57. The number of rotatable bonds is 8. The minimum Gasteiger partial charge on any atom is -0.406 e. The van der Waals surface area contributed by atoms with Crippen molar-refractivity contribution in [2.24, 2.45) is 5.92 Å². The number of carbonyl (C=O) groups excluding carboxylic acids is 2. The fraction of sp³-hybridized carbons (Fsp3) is 0.238. The number of carbonyl (C=O) groups is 2. The lowest BCUT2D eigenvalue weighted by atomic mass is 9.98. The third kappa shape index (κ3) is 7.23. The Morgan fingerprint density at radius 3 is 2.43 bits per heavy atom. The van der Waals surface area contributed by atoms with Crippen LogP contribution in [-0.4, -0.2) is 24.7 Å². The third-order valence-electron chi connectivity index (χ3n) is 4.18. The average molecular weight is 424 g/mol. The van der Waals surface area contributed by atoms with Crippen molar-refractivity contribution in [2.75, 3.05) is 11.9 Å². The van der Waals surface area contributed by atoms with Gasteiger partial charge in [0.05, 0.1) is 5.92 Å². The molecule has 2 amide bonds. The molecule has 0 aliphatic rings. The van der Waals surface area contributed by atoms with Crippen LogP contribution in [0.5, 0.6) is 5.75 Å². The number of ether oxygens (including phenoxy) is 1. The lowest BCUT2D eigenvalue weighted by molar-refractivity contribution is -0.274. The van der Waals surface area contributed by atoms with Gasteiger partial charge in [0, 0.05) is 17.8 Å². The van der Waals surface area contributed by atoms with Gasteiger partial charge >= 0.3 is 6.36 Å². The normalized spacial score (nSPS) is 12.0. The molecule has 9 heteroatoms. The van der Waals surface area contributed by atoms with E-state index in [0.29, 0.717) is 11.3 Å². The largest absolute Gasteiger partial charge is 0.573 e. The van der Waals surface area contributed by atoms with E-state index in [1.165, 1.54) is 36.4 Å². The molecular formula is C21H20F4N2O3. The van der Waals surface area contributed by atoms with E-state index >= 15 is 0 Å². The summed E-state index contributed by atoms with van der Waals surface area (Å²) < 4.78 is 53.5. The predicted octanol–water partition coefficient (Wildman–Crippen LogP) is 4.68. The molecule has 0 aliphatic heterocycles. The van der Waals surface area contributed by atoms with Crippen molar-refractivity contribution in [3.8, 4) is 5.75 Å². The first-order chi connectivity index (χ1) is 14.0. The van der Waals surface area contributed by atoms with Crippen LogP contribution in [0.2, 0.25) is 0 Å². The smallest absolute Gasteiger partial charge is 0.406 e. The molecule has 0 spiro atoms. The quantitative estimate of drug-likeness (QED) is 0.478. The number of hydrogen-bond acceptors (Lipinski definition) is 3. The molecule has 0 aliphatic carbocycles. The number of alkyl halides is 3. The Labute approximate surface area is 170 Å². The van der Waals surface area contributed by atoms with Gasteiger partial charge in [-0.15, -0.1) is 13.2 Å². The molecule has 0 fully saturated rings. The molecule has 2 N–H and O–H groups in total. The first-order valence-corrected chi connectivity index (χ1v) is 8.93. The molecule has 0 radical (unpaired) electrons. The van der Waals surface area contributed by atoms with Crippen LogP contribution in [0.4, 0.5) is 23.2 Å². The molecule has 1 unspecified atom stereocenters. The lowest BCUT2D eigenvalue weighted by Crippen LogP contribution is -2.27. The third-order valence-corrected chi connectivity index (χ3v) is 4.18. The van der Waals surface area contributed by atoms with Crippen LogP contribution in [0.25, 0.3) is 0 Å². The summed E-state index contributed by atoms with van der Waals surface area (Å²) in [6.07, 6.45) is -4.57. The highest BCUT2D eigenvalue weighted by Crippen LogP contribution is 2.23. The van der Waals surface area contributed by atoms with E-state index < -0.39 is 29.8 Å². The van der Waals surface area contributed by atoms with Gasteiger partial charge in [-0.1, -0.05) is 18.2 Å². The molecule has 2 rings (SSSR count). The summed E-state index contributed by atoms with van der Waals surface area (Å²) in [6, 6.07) is 10.0. The maximum Gasteiger partial charge on any atom is 0.573 e. The Morgan fingerprint density at radius 1 is 1.13 bits per heavy atom. The van der Waals surface area contributed by atoms with Gasteiger partial charge in [-0.2, -0.15) is 0 Å². The highest BCUT2D eigenvalue weighted by Gasteiger charge is 2.31. The lowest BCUT2D eigenvalue weighted by Gasteiger charge is -2.15. The Balaban J connectivity index is 1.83. The SMILES string of the molecule is C=C(CCNC(=O)c1cccc(OC(F)(F)F)c1)C(C)C(=O)Nc1ccc(F)cc1. The molecular weight excluding hydrogens is 404 g/mol. The molecule has 5 nitrogen and oxygen atoms in total. The Bertz CT molecular complexity index is 911. The zero-order valence-electron chi connectivity index (χ0n) is 16.1. The van der Waals surface area contributed by atoms with Crippen LogP contribution in [0, 0.1) is 11.7 Å².